The Morgan fingerprint density at radius 2 is 2.15 bits per heavy atom. The van der Waals surface area contributed by atoms with Crippen LogP contribution in [0.5, 0.6) is 0 Å². The topological polar surface area (TPSA) is 32.3 Å². The van der Waals surface area contributed by atoms with Crippen LogP contribution in [-0.4, -0.2) is 36.5 Å². The number of likely N-dealkylation sites (tertiary alicyclic amines) is 1. The number of hydrogen-bond donors (Lipinski definition) is 1. The van der Waals surface area contributed by atoms with Gasteiger partial charge in [0.2, 0.25) is 5.91 Å². The van der Waals surface area contributed by atoms with Gasteiger partial charge in [0.1, 0.15) is 5.82 Å². The van der Waals surface area contributed by atoms with Crippen LogP contribution in [0.4, 0.5) is 4.39 Å². The first-order chi connectivity index (χ1) is 9.24. The van der Waals surface area contributed by atoms with Crippen molar-refractivity contribution < 1.29 is 9.18 Å². The summed E-state index contributed by atoms with van der Waals surface area (Å²) in [6.45, 7) is 2.68. The van der Waals surface area contributed by atoms with E-state index in [-0.39, 0.29) is 30.6 Å². The molecular formula is C15H20ClFN2O. The van der Waals surface area contributed by atoms with Gasteiger partial charge in [-0.25, -0.2) is 4.39 Å². The SMILES string of the molecule is Cl.O=C(Cc1ccccc1F)N1CCC2NCCC2C1. The van der Waals surface area contributed by atoms with E-state index in [4.69, 9.17) is 0 Å². The van der Waals surface area contributed by atoms with E-state index in [1.165, 1.54) is 6.07 Å². The molecule has 1 amide bonds. The van der Waals surface area contributed by atoms with Gasteiger partial charge in [-0.1, -0.05) is 18.2 Å². The average Bonchev–Trinajstić information content (AvgIpc) is 2.88. The Morgan fingerprint density at radius 1 is 1.35 bits per heavy atom. The number of fused-ring (bicyclic) bond motifs is 1. The van der Waals surface area contributed by atoms with E-state index >= 15 is 0 Å². The first kappa shape index (κ1) is 15.3. The molecule has 1 aromatic rings. The van der Waals surface area contributed by atoms with Crippen LogP contribution in [0, 0.1) is 11.7 Å². The van der Waals surface area contributed by atoms with Crippen LogP contribution in [0.3, 0.4) is 0 Å². The lowest BCUT2D eigenvalue weighted by Gasteiger charge is -2.35. The minimum absolute atomic E-state index is 0. The third-order valence-electron chi connectivity index (χ3n) is 4.31. The second-order valence-electron chi connectivity index (χ2n) is 5.51. The number of nitrogens with zero attached hydrogens (tertiary/aromatic N) is 1. The Balaban J connectivity index is 0.00000147. The molecule has 0 aliphatic carbocycles. The van der Waals surface area contributed by atoms with Gasteiger partial charge >= 0.3 is 0 Å². The average molecular weight is 299 g/mol. The van der Waals surface area contributed by atoms with Crippen LogP contribution in [0.2, 0.25) is 0 Å². The van der Waals surface area contributed by atoms with E-state index < -0.39 is 0 Å². The normalized spacial score (nSPS) is 24.9. The van der Waals surface area contributed by atoms with Crippen LogP contribution in [0.25, 0.3) is 0 Å². The monoisotopic (exact) mass is 298 g/mol. The second kappa shape index (κ2) is 6.55. The highest BCUT2D eigenvalue weighted by molar-refractivity contribution is 5.85. The van der Waals surface area contributed by atoms with E-state index in [2.05, 4.69) is 5.32 Å². The summed E-state index contributed by atoms with van der Waals surface area (Å²) >= 11 is 0. The maximum absolute atomic E-state index is 13.6. The third-order valence-corrected chi connectivity index (χ3v) is 4.31. The van der Waals surface area contributed by atoms with Crippen molar-refractivity contribution in [3.05, 3.63) is 35.6 Å². The van der Waals surface area contributed by atoms with Crippen molar-refractivity contribution in [1.29, 1.82) is 0 Å². The highest BCUT2D eigenvalue weighted by Gasteiger charge is 2.34. The molecule has 110 valence electrons. The van der Waals surface area contributed by atoms with Gasteiger partial charge in [-0.05, 0) is 36.9 Å². The molecular weight excluding hydrogens is 279 g/mol. The van der Waals surface area contributed by atoms with Crippen LogP contribution in [0.15, 0.2) is 24.3 Å². The zero-order valence-electron chi connectivity index (χ0n) is 11.3. The van der Waals surface area contributed by atoms with E-state index in [0.29, 0.717) is 17.5 Å². The molecule has 0 spiro atoms. The Hall–Kier alpha value is -1.13. The van der Waals surface area contributed by atoms with Crippen molar-refractivity contribution in [3.63, 3.8) is 0 Å². The predicted octanol–water partition coefficient (Wildman–Crippen LogP) is 2.00. The summed E-state index contributed by atoms with van der Waals surface area (Å²) in [5, 5.41) is 3.48. The van der Waals surface area contributed by atoms with E-state index in [1.54, 1.807) is 18.2 Å². The molecule has 3 nitrogen and oxygen atoms in total. The van der Waals surface area contributed by atoms with Gasteiger partial charge in [-0.15, -0.1) is 12.4 Å². The summed E-state index contributed by atoms with van der Waals surface area (Å²) in [7, 11) is 0. The van der Waals surface area contributed by atoms with Gasteiger partial charge in [0, 0.05) is 19.1 Å². The lowest BCUT2D eigenvalue weighted by Crippen LogP contribution is -2.47. The number of carbonyl (C=O) groups is 1. The van der Waals surface area contributed by atoms with E-state index in [1.807, 2.05) is 4.90 Å². The number of benzene rings is 1. The molecule has 2 fully saturated rings. The van der Waals surface area contributed by atoms with Crippen molar-refractivity contribution in [2.24, 2.45) is 5.92 Å². The molecule has 2 atom stereocenters. The fraction of sp³-hybridized carbons (Fsp3) is 0.533. The molecule has 1 N–H and O–H groups in total. The van der Waals surface area contributed by atoms with Crippen LogP contribution in [-0.2, 0) is 11.2 Å². The Labute approximate surface area is 124 Å². The highest BCUT2D eigenvalue weighted by Crippen LogP contribution is 2.25. The first-order valence-corrected chi connectivity index (χ1v) is 6.98. The molecule has 3 rings (SSSR count). The van der Waals surface area contributed by atoms with E-state index in [0.717, 1.165) is 32.5 Å². The van der Waals surface area contributed by atoms with Gasteiger partial charge < -0.3 is 10.2 Å². The number of halogens is 2. The van der Waals surface area contributed by atoms with Crippen molar-refractivity contribution >= 4 is 18.3 Å². The van der Waals surface area contributed by atoms with Crippen LogP contribution in [0.1, 0.15) is 18.4 Å². The molecule has 2 heterocycles. The van der Waals surface area contributed by atoms with Crippen molar-refractivity contribution in [3.8, 4) is 0 Å². The van der Waals surface area contributed by atoms with Crippen LogP contribution >= 0.6 is 12.4 Å². The Bertz CT molecular complexity index is 483. The van der Waals surface area contributed by atoms with Gasteiger partial charge in [-0.2, -0.15) is 0 Å². The summed E-state index contributed by atoms with van der Waals surface area (Å²) < 4.78 is 13.6. The molecule has 5 heteroatoms. The smallest absolute Gasteiger partial charge is 0.227 e. The predicted molar refractivity (Wildman–Crippen MR) is 78.4 cm³/mol. The fourth-order valence-electron chi connectivity index (χ4n) is 3.19. The maximum atomic E-state index is 13.6. The molecule has 1 aromatic carbocycles. The summed E-state index contributed by atoms with van der Waals surface area (Å²) in [5.41, 5.74) is 0.499. The van der Waals surface area contributed by atoms with Gasteiger partial charge in [-0.3, -0.25) is 4.79 Å². The zero-order valence-corrected chi connectivity index (χ0v) is 12.2. The lowest BCUT2D eigenvalue weighted by molar-refractivity contribution is -0.132. The van der Waals surface area contributed by atoms with Crippen molar-refractivity contribution in [2.45, 2.75) is 25.3 Å². The number of carbonyl (C=O) groups excluding carboxylic acids is 1. The molecule has 2 aliphatic heterocycles. The maximum Gasteiger partial charge on any atom is 0.227 e. The summed E-state index contributed by atoms with van der Waals surface area (Å²) in [6.07, 6.45) is 2.35. The molecule has 0 bridgehead atoms. The minimum Gasteiger partial charge on any atom is -0.342 e. The quantitative estimate of drug-likeness (QED) is 0.906. The van der Waals surface area contributed by atoms with Crippen LogP contribution < -0.4 is 5.32 Å². The summed E-state index contributed by atoms with van der Waals surface area (Å²) in [5.74, 6) is 0.349. The number of rotatable bonds is 2. The lowest BCUT2D eigenvalue weighted by atomic mass is 9.93. The number of hydrogen-bond acceptors (Lipinski definition) is 2. The van der Waals surface area contributed by atoms with E-state index in [9.17, 15) is 9.18 Å². The second-order valence-corrected chi connectivity index (χ2v) is 5.51. The number of piperidine rings is 1. The Morgan fingerprint density at radius 3 is 2.95 bits per heavy atom. The highest BCUT2D eigenvalue weighted by atomic mass is 35.5. The molecule has 2 aliphatic rings. The molecule has 2 saturated heterocycles. The van der Waals surface area contributed by atoms with Crippen molar-refractivity contribution in [1.82, 2.24) is 10.2 Å². The minimum atomic E-state index is -0.284. The Kier molecular flexibility index (Phi) is 5.00. The fourth-order valence-corrected chi connectivity index (χ4v) is 3.19. The zero-order chi connectivity index (χ0) is 13.2. The molecule has 0 radical (unpaired) electrons. The first-order valence-electron chi connectivity index (χ1n) is 6.98. The molecule has 0 saturated carbocycles. The molecule has 0 aromatic heterocycles. The largest absolute Gasteiger partial charge is 0.342 e. The summed E-state index contributed by atoms with van der Waals surface area (Å²) in [4.78, 5) is 14.2. The number of nitrogens with one attached hydrogen (secondary N) is 1. The molecule has 20 heavy (non-hydrogen) atoms. The number of amides is 1. The van der Waals surface area contributed by atoms with Crippen molar-refractivity contribution in [2.75, 3.05) is 19.6 Å². The standard InChI is InChI=1S/C15H19FN2O.ClH/c16-13-4-2-1-3-11(13)9-15(19)18-8-6-14-12(10-18)5-7-17-14;/h1-4,12,14,17H,5-10H2;1H. The van der Waals surface area contributed by atoms with Gasteiger partial charge in [0.15, 0.2) is 0 Å². The third kappa shape index (κ3) is 3.13. The van der Waals surface area contributed by atoms with Gasteiger partial charge in [0.25, 0.3) is 0 Å². The summed E-state index contributed by atoms with van der Waals surface area (Å²) in [6, 6.07) is 7.11. The molecule has 2 unspecified atom stereocenters. The van der Waals surface area contributed by atoms with Gasteiger partial charge in [0.05, 0.1) is 6.42 Å².